The molecule has 0 saturated heterocycles. The summed E-state index contributed by atoms with van der Waals surface area (Å²) in [5, 5.41) is 0. The molecule has 0 aliphatic rings. The van der Waals surface area contributed by atoms with E-state index in [1.165, 1.54) is 0 Å². The van der Waals surface area contributed by atoms with Gasteiger partial charge in [-0.25, -0.2) is 4.57 Å². The molecule has 0 rings (SSSR count). The Labute approximate surface area is 82.1 Å². The van der Waals surface area contributed by atoms with Crippen LogP contribution in [-0.4, -0.2) is 21.5 Å². The quantitative estimate of drug-likeness (QED) is 0.608. The second kappa shape index (κ2) is 3.96. The number of hydrogen-bond donors (Lipinski definition) is 1. The van der Waals surface area contributed by atoms with E-state index in [4.69, 9.17) is 8.43 Å². The topological polar surface area (TPSA) is 55.8 Å². The lowest BCUT2D eigenvalue weighted by atomic mass is 11.8. The van der Waals surface area contributed by atoms with Crippen LogP contribution in [0.3, 0.4) is 0 Å². The van der Waals surface area contributed by atoms with Gasteiger partial charge in [-0.3, -0.25) is 0 Å². The molecule has 0 aromatic carbocycles. The van der Waals surface area contributed by atoms with Crippen molar-refractivity contribution >= 4 is 24.5 Å². The highest BCUT2D eigenvalue weighted by Crippen LogP contribution is 2.48. The zero-order valence-corrected chi connectivity index (χ0v) is 12.0. The van der Waals surface area contributed by atoms with Gasteiger partial charge >= 0.3 is 7.82 Å². The molecule has 1 N–H and O–H groups in total. The lowest BCUT2D eigenvalue weighted by molar-refractivity contribution is 0.287. The average molecular weight is 242 g/mol. The zero-order chi connectivity index (χ0) is 10.9. The fourth-order valence-electron chi connectivity index (χ4n) is 0.711. The molecule has 0 unspecified atom stereocenters. The van der Waals surface area contributed by atoms with E-state index in [2.05, 4.69) is 0 Å². The molecule has 0 aliphatic heterocycles. The van der Waals surface area contributed by atoms with Crippen molar-refractivity contribution in [2.24, 2.45) is 0 Å². The van der Waals surface area contributed by atoms with E-state index in [1.54, 1.807) is 0 Å². The van der Waals surface area contributed by atoms with Gasteiger partial charge in [-0.05, 0) is 39.3 Å². The van der Waals surface area contributed by atoms with Gasteiger partial charge < -0.3 is 13.3 Å². The van der Waals surface area contributed by atoms with Crippen molar-refractivity contribution in [1.82, 2.24) is 0 Å². The van der Waals surface area contributed by atoms with Gasteiger partial charge in [0.2, 0.25) is 0 Å². The molecular weight excluding hydrogens is 223 g/mol. The van der Waals surface area contributed by atoms with E-state index >= 15 is 0 Å². The van der Waals surface area contributed by atoms with Crippen LogP contribution >= 0.6 is 7.82 Å². The normalized spacial score (nSPS) is 14.7. The van der Waals surface area contributed by atoms with Crippen LogP contribution in [0, 0.1) is 0 Å². The standard InChI is InChI=1S/C6H19O4PSi2/c1-12(2,3)9-11(7,8)10-13(4,5)6/h1-6H3,(H,7,8). The van der Waals surface area contributed by atoms with Crippen LogP contribution in [0.4, 0.5) is 0 Å². The molecule has 0 heterocycles. The highest BCUT2D eigenvalue weighted by molar-refractivity contribution is 7.51. The molecule has 0 atom stereocenters. The monoisotopic (exact) mass is 242 g/mol. The lowest BCUT2D eigenvalue weighted by Gasteiger charge is -2.26. The predicted molar refractivity (Wildman–Crippen MR) is 58.7 cm³/mol. The molecule has 0 saturated carbocycles. The summed E-state index contributed by atoms with van der Waals surface area (Å²) in [5.41, 5.74) is 0. The molecule has 13 heavy (non-hydrogen) atoms. The molecule has 0 radical (unpaired) electrons. The first-order valence-electron chi connectivity index (χ1n) is 4.16. The molecule has 0 spiro atoms. The van der Waals surface area contributed by atoms with Crippen molar-refractivity contribution in [2.75, 3.05) is 0 Å². The second-order valence-electron chi connectivity index (χ2n) is 4.88. The molecule has 0 aromatic rings. The lowest BCUT2D eigenvalue weighted by Crippen LogP contribution is -2.29. The maximum absolute atomic E-state index is 11.4. The summed E-state index contributed by atoms with van der Waals surface area (Å²) >= 11 is 0. The van der Waals surface area contributed by atoms with E-state index < -0.39 is 24.5 Å². The van der Waals surface area contributed by atoms with E-state index in [9.17, 15) is 9.46 Å². The molecule has 0 amide bonds. The van der Waals surface area contributed by atoms with Gasteiger partial charge in [0.05, 0.1) is 0 Å². The Bertz CT molecular complexity index is 198. The van der Waals surface area contributed by atoms with Gasteiger partial charge in [-0.15, -0.1) is 0 Å². The van der Waals surface area contributed by atoms with Gasteiger partial charge in [-0.1, -0.05) is 0 Å². The van der Waals surface area contributed by atoms with E-state index in [0.29, 0.717) is 0 Å². The minimum Gasteiger partial charge on any atom is -0.331 e. The van der Waals surface area contributed by atoms with Crippen LogP contribution in [0.2, 0.25) is 39.3 Å². The zero-order valence-electron chi connectivity index (χ0n) is 9.12. The highest BCUT2D eigenvalue weighted by Gasteiger charge is 2.34. The van der Waals surface area contributed by atoms with Crippen molar-refractivity contribution in [3.63, 3.8) is 0 Å². The summed E-state index contributed by atoms with van der Waals surface area (Å²) in [6.07, 6.45) is 0. The van der Waals surface area contributed by atoms with Crippen LogP contribution in [0.25, 0.3) is 0 Å². The fraction of sp³-hybridized carbons (Fsp3) is 1.00. The largest absolute Gasteiger partial charge is 0.452 e. The Hall–Kier alpha value is 0.544. The van der Waals surface area contributed by atoms with Crippen molar-refractivity contribution in [3.8, 4) is 0 Å². The molecule has 0 fully saturated rings. The van der Waals surface area contributed by atoms with Crippen LogP contribution < -0.4 is 0 Å². The van der Waals surface area contributed by atoms with Crippen LogP contribution in [0.5, 0.6) is 0 Å². The number of phosphoric acid groups is 1. The highest BCUT2D eigenvalue weighted by atomic mass is 31.2. The minimum atomic E-state index is -3.81. The number of hydrogen-bond acceptors (Lipinski definition) is 3. The third-order valence-corrected chi connectivity index (χ3v) is 7.01. The molecule has 0 aliphatic carbocycles. The Kier molecular flexibility index (Phi) is 4.13. The summed E-state index contributed by atoms with van der Waals surface area (Å²) in [6.45, 7) is 11.1. The molecule has 4 nitrogen and oxygen atoms in total. The Morgan fingerprint density at radius 2 is 1.15 bits per heavy atom. The predicted octanol–water partition coefficient (Wildman–Crippen LogP) is 2.79. The summed E-state index contributed by atoms with van der Waals surface area (Å²) in [4.78, 5) is 9.37. The van der Waals surface area contributed by atoms with Crippen molar-refractivity contribution in [3.05, 3.63) is 0 Å². The first-order chi connectivity index (χ1) is 5.41. The Morgan fingerprint density at radius 3 is 1.31 bits per heavy atom. The molecule has 80 valence electrons. The Balaban J connectivity index is 4.35. The summed E-state index contributed by atoms with van der Waals surface area (Å²) < 4.78 is 21.6. The van der Waals surface area contributed by atoms with E-state index in [1.807, 2.05) is 39.3 Å². The van der Waals surface area contributed by atoms with Gasteiger partial charge in [0, 0.05) is 0 Å². The average Bonchev–Trinajstić information content (AvgIpc) is 1.43. The van der Waals surface area contributed by atoms with Crippen molar-refractivity contribution in [1.29, 1.82) is 0 Å². The van der Waals surface area contributed by atoms with Gasteiger partial charge in [-0.2, -0.15) is 0 Å². The minimum absolute atomic E-state index is 1.85. The molecule has 0 bridgehead atoms. The van der Waals surface area contributed by atoms with Crippen LogP contribution in [0.1, 0.15) is 0 Å². The maximum atomic E-state index is 11.4. The second-order valence-corrected chi connectivity index (χ2v) is 15.7. The first kappa shape index (κ1) is 13.5. The van der Waals surface area contributed by atoms with E-state index in [-0.39, 0.29) is 0 Å². The SMILES string of the molecule is C[Si](C)(C)OP(=O)(O)O[Si](C)(C)C. The Morgan fingerprint density at radius 1 is 0.923 bits per heavy atom. The first-order valence-corrected chi connectivity index (χ1v) is 12.5. The van der Waals surface area contributed by atoms with Gasteiger partial charge in [0.1, 0.15) is 0 Å². The number of rotatable bonds is 4. The summed E-state index contributed by atoms with van der Waals surface area (Å²) in [6, 6.07) is 0. The van der Waals surface area contributed by atoms with Crippen LogP contribution in [-0.2, 0) is 13.0 Å². The van der Waals surface area contributed by atoms with Crippen LogP contribution in [0.15, 0.2) is 0 Å². The smallest absolute Gasteiger partial charge is 0.331 e. The van der Waals surface area contributed by atoms with Gasteiger partial charge in [0.25, 0.3) is 0 Å². The third kappa shape index (κ3) is 8.86. The van der Waals surface area contributed by atoms with Crippen molar-refractivity contribution in [2.45, 2.75) is 39.3 Å². The maximum Gasteiger partial charge on any atom is 0.452 e. The molecular formula is C6H19O4PSi2. The summed E-state index contributed by atoms with van der Waals surface area (Å²) in [7, 11) is -7.83. The molecule has 7 heteroatoms. The van der Waals surface area contributed by atoms with E-state index in [0.717, 1.165) is 0 Å². The molecule has 0 aromatic heterocycles. The van der Waals surface area contributed by atoms with Gasteiger partial charge in [0.15, 0.2) is 16.6 Å². The van der Waals surface area contributed by atoms with Crippen molar-refractivity contribution < 1.29 is 17.9 Å². The third-order valence-electron chi connectivity index (χ3n) is 0.778. The summed E-state index contributed by atoms with van der Waals surface area (Å²) in [5.74, 6) is 0. The fourth-order valence-corrected chi connectivity index (χ4v) is 6.73.